The summed E-state index contributed by atoms with van der Waals surface area (Å²) in [5.41, 5.74) is 2.26. The summed E-state index contributed by atoms with van der Waals surface area (Å²) in [7, 11) is 2.00. The lowest BCUT2D eigenvalue weighted by Crippen LogP contribution is -2.34. The second-order valence-corrected chi connectivity index (χ2v) is 7.79. The summed E-state index contributed by atoms with van der Waals surface area (Å²) in [4.78, 5) is 14.9. The van der Waals surface area contributed by atoms with Crippen molar-refractivity contribution in [2.75, 3.05) is 18.4 Å². The Morgan fingerprint density at radius 1 is 1.35 bits per heavy atom. The van der Waals surface area contributed by atoms with Crippen LogP contribution in [0.1, 0.15) is 49.9 Å². The number of benzene rings is 1. The fourth-order valence-corrected chi connectivity index (χ4v) is 4.74. The molecule has 1 saturated heterocycles. The SMILES string of the molecule is CCc1cccc(NC(=O)N2CC(c3nncn3C)C3(CCCC3)C2)c1. The Morgan fingerprint density at radius 3 is 2.85 bits per heavy atom. The number of aryl methyl sites for hydroxylation is 2. The molecule has 1 aliphatic carbocycles. The van der Waals surface area contributed by atoms with Gasteiger partial charge < -0.3 is 14.8 Å². The predicted octanol–water partition coefficient (Wildman–Crippen LogP) is 3.57. The molecule has 6 heteroatoms. The summed E-state index contributed by atoms with van der Waals surface area (Å²) < 4.78 is 2.01. The molecule has 26 heavy (non-hydrogen) atoms. The summed E-state index contributed by atoms with van der Waals surface area (Å²) in [5, 5.41) is 11.5. The molecule has 1 aliphatic heterocycles. The van der Waals surface area contributed by atoms with E-state index in [1.165, 1.54) is 31.2 Å². The third-order valence-electron chi connectivity index (χ3n) is 6.18. The molecule has 1 unspecified atom stereocenters. The van der Waals surface area contributed by atoms with Gasteiger partial charge in [-0.2, -0.15) is 0 Å². The van der Waals surface area contributed by atoms with Crippen molar-refractivity contribution >= 4 is 11.7 Å². The molecule has 1 aromatic heterocycles. The van der Waals surface area contributed by atoms with Crippen LogP contribution in [0.3, 0.4) is 0 Å². The smallest absolute Gasteiger partial charge is 0.321 e. The summed E-state index contributed by atoms with van der Waals surface area (Å²) in [6.07, 6.45) is 7.53. The Labute approximate surface area is 154 Å². The van der Waals surface area contributed by atoms with Crippen molar-refractivity contribution in [2.45, 2.75) is 44.9 Å². The van der Waals surface area contributed by atoms with Crippen molar-refractivity contribution in [3.05, 3.63) is 42.0 Å². The molecule has 2 fully saturated rings. The van der Waals surface area contributed by atoms with Crippen LogP contribution in [-0.2, 0) is 13.5 Å². The van der Waals surface area contributed by atoms with Crippen LogP contribution in [0.4, 0.5) is 10.5 Å². The van der Waals surface area contributed by atoms with Crippen LogP contribution in [0.25, 0.3) is 0 Å². The zero-order chi connectivity index (χ0) is 18.1. The van der Waals surface area contributed by atoms with E-state index in [1.807, 2.05) is 28.6 Å². The maximum absolute atomic E-state index is 12.9. The zero-order valence-corrected chi connectivity index (χ0v) is 15.6. The highest BCUT2D eigenvalue weighted by atomic mass is 16.2. The van der Waals surface area contributed by atoms with E-state index in [9.17, 15) is 4.79 Å². The van der Waals surface area contributed by atoms with Gasteiger partial charge in [-0.25, -0.2) is 4.79 Å². The lowest BCUT2D eigenvalue weighted by molar-refractivity contribution is 0.212. The van der Waals surface area contributed by atoms with Crippen LogP contribution >= 0.6 is 0 Å². The first-order valence-electron chi connectivity index (χ1n) is 9.60. The van der Waals surface area contributed by atoms with Gasteiger partial charge in [0, 0.05) is 31.7 Å². The standard InChI is InChI=1S/C20H27N5O/c1-3-15-7-6-8-16(11-15)22-19(26)25-12-17(18-23-21-14-24(18)2)20(13-25)9-4-5-10-20/h6-8,11,14,17H,3-5,9-10,12-13H2,1-2H3,(H,22,26). The Hall–Kier alpha value is -2.37. The molecular weight excluding hydrogens is 326 g/mol. The number of nitrogens with one attached hydrogen (secondary N) is 1. The van der Waals surface area contributed by atoms with Gasteiger partial charge in [0.2, 0.25) is 0 Å². The van der Waals surface area contributed by atoms with Gasteiger partial charge in [-0.15, -0.1) is 10.2 Å². The van der Waals surface area contributed by atoms with Crippen molar-refractivity contribution in [3.8, 4) is 0 Å². The van der Waals surface area contributed by atoms with Gasteiger partial charge in [0.25, 0.3) is 0 Å². The molecule has 1 atom stereocenters. The first-order valence-corrected chi connectivity index (χ1v) is 9.60. The summed E-state index contributed by atoms with van der Waals surface area (Å²) >= 11 is 0. The molecule has 2 heterocycles. The van der Waals surface area contributed by atoms with Gasteiger partial charge in [-0.1, -0.05) is 31.9 Å². The predicted molar refractivity (Wildman–Crippen MR) is 101 cm³/mol. The number of carbonyl (C=O) groups is 1. The molecule has 1 aromatic carbocycles. The molecule has 1 saturated carbocycles. The van der Waals surface area contributed by atoms with Crippen molar-refractivity contribution < 1.29 is 4.79 Å². The number of rotatable bonds is 3. The molecule has 138 valence electrons. The summed E-state index contributed by atoms with van der Waals surface area (Å²) in [6, 6.07) is 8.09. The zero-order valence-electron chi connectivity index (χ0n) is 15.6. The molecule has 2 amide bonds. The number of aromatic nitrogens is 3. The topological polar surface area (TPSA) is 63.1 Å². The number of hydrogen-bond donors (Lipinski definition) is 1. The van der Waals surface area contributed by atoms with E-state index >= 15 is 0 Å². The van der Waals surface area contributed by atoms with Crippen LogP contribution in [0.2, 0.25) is 0 Å². The minimum Gasteiger partial charge on any atom is -0.323 e. The average molecular weight is 353 g/mol. The number of anilines is 1. The number of amides is 2. The van der Waals surface area contributed by atoms with Crippen LogP contribution in [0.15, 0.2) is 30.6 Å². The highest BCUT2D eigenvalue weighted by Gasteiger charge is 2.51. The Balaban J connectivity index is 1.54. The average Bonchev–Trinajstić information content (AvgIpc) is 3.36. The van der Waals surface area contributed by atoms with Gasteiger partial charge in [0.15, 0.2) is 0 Å². The van der Waals surface area contributed by atoms with Crippen LogP contribution in [0, 0.1) is 5.41 Å². The summed E-state index contributed by atoms with van der Waals surface area (Å²) in [6.45, 7) is 3.65. The maximum Gasteiger partial charge on any atom is 0.321 e. The second-order valence-electron chi connectivity index (χ2n) is 7.79. The summed E-state index contributed by atoms with van der Waals surface area (Å²) in [5.74, 6) is 1.28. The van der Waals surface area contributed by atoms with Crippen LogP contribution < -0.4 is 5.32 Å². The van der Waals surface area contributed by atoms with E-state index in [0.717, 1.165) is 24.5 Å². The lowest BCUT2D eigenvalue weighted by Gasteiger charge is -2.28. The van der Waals surface area contributed by atoms with Crippen molar-refractivity contribution in [3.63, 3.8) is 0 Å². The van der Waals surface area contributed by atoms with Gasteiger partial charge in [0.05, 0.1) is 0 Å². The van der Waals surface area contributed by atoms with Crippen LogP contribution in [0.5, 0.6) is 0 Å². The number of hydrogen-bond acceptors (Lipinski definition) is 3. The van der Waals surface area contributed by atoms with E-state index < -0.39 is 0 Å². The van der Waals surface area contributed by atoms with E-state index in [4.69, 9.17) is 0 Å². The van der Waals surface area contributed by atoms with E-state index in [1.54, 1.807) is 6.33 Å². The normalized spacial score (nSPS) is 21.5. The number of urea groups is 1. The number of nitrogens with zero attached hydrogens (tertiary/aromatic N) is 4. The van der Waals surface area contributed by atoms with Crippen molar-refractivity contribution in [2.24, 2.45) is 12.5 Å². The maximum atomic E-state index is 12.9. The minimum absolute atomic E-state index is 0.00537. The molecule has 1 spiro atoms. The largest absolute Gasteiger partial charge is 0.323 e. The number of likely N-dealkylation sites (tertiary alicyclic amines) is 1. The fourth-order valence-electron chi connectivity index (χ4n) is 4.74. The van der Waals surface area contributed by atoms with Gasteiger partial charge in [-0.3, -0.25) is 0 Å². The van der Waals surface area contributed by atoms with E-state index in [2.05, 4.69) is 34.6 Å². The van der Waals surface area contributed by atoms with Gasteiger partial charge >= 0.3 is 6.03 Å². The van der Waals surface area contributed by atoms with Gasteiger partial charge in [0.1, 0.15) is 12.2 Å². The molecule has 4 rings (SSSR count). The molecule has 2 aromatic rings. The molecule has 0 bridgehead atoms. The molecular formula is C20H27N5O. The first kappa shape index (κ1) is 17.1. The highest BCUT2D eigenvalue weighted by molar-refractivity contribution is 5.89. The molecule has 2 aliphatic rings. The molecule has 0 radical (unpaired) electrons. The quantitative estimate of drug-likeness (QED) is 0.917. The molecule has 1 N–H and O–H groups in total. The first-order chi connectivity index (χ1) is 12.6. The minimum atomic E-state index is -0.00537. The Morgan fingerprint density at radius 2 is 2.15 bits per heavy atom. The third kappa shape index (κ3) is 2.97. The Kier molecular flexibility index (Phi) is 4.42. The highest BCUT2D eigenvalue weighted by Crippen LogP contribution is 2.52. The fraction of sp³-hybridized carbons (Fsp3) is 0.550. The number of carbonyl (C=O) groups excluding carboxylic acids is 1. The molecule has 6 nitrogen and oxygen atoms in total. The van der Waals surface area contributed by atoms with Crippen LogP contribution in [-0.4, -0.2) is 38.8 Å². The van der Waals surface area contributed by atoms with E-state index in [0.29, 0.717) is 6.54 Å². The van der Waals surface area contributed by atoms with Crippen molar-refractivity contribution in [1.29, 1.82) is 0 Å². The second kappa shape index (κ2) is 6.74. The van der Waals surface area contributed by atoms with E-state index in [-0.39, 0.29) is 17.4 Å². The Bertz CT molecular complexity index is 793. The van der Waals surface area contributed by atoms with Crippen molar-refractivity contribution in [1.82, 2.24) is 19.7 Å². The lowest BCUT2D eigenvalue weighted by atomic mass is 9.76. The monoisotopic (exact) mass is 353 g/mol. The third-order valence-corrected chi connectivity index (χ3v) is 6.18. The van der Waals surface area contributed by atoms with Gasteiger partial charge in [-0.05, 0) is 42.4 Å².